The van der Waals surface area contributed by atoms with Crippen molar-refractivity contribution in [3.63, 3.8) is 0 Å². The Hall–Kier alpha value is -1.10. The van der Waals surface area contributed by atoms with E-state index in [-0.39, 0.29) is 17.7 Å². The lowest BCUT2D eigenvalue weighted by Gasteiger charge is -2.38. The smallest absolute Gasteiger partial charge is 0.410 e. The van der Waals surface area contributed by atoms with E-state index in [1.807, 2.05) is 20.8 Å². The van der Waals surface area contributed by atoms with Gasteiger partial charge >= 0.3 is 6.09 Å². The number of amides is 1. The minimum absolute atomic E-state index is 0.0950. The standard InChI is InChI=1S/C13H21NO4/c1-12(2,3)18-11(16)14-7-10(15)6-13(8-14)4-5-17-9-13/h4-9H2,1-3H3. The number of hydrogen-bond acceptors (Lipinski definition) is 4. The van der Waals surface area contributed by atoms with Gasteiger partial charge in [-0.1, -0.05) is 0 Å². The van der Waals surface area contributed by atoms with Crippen molar-refractivity contribution in [3.05, 3.63) is 0 Å². The van der Waals surface area contributed by atoms with Gasteiger partial charge in [0.2, 0.25) is 0 Å². The Morgan fingerprint density at radius 1 is 1.44 bits per heavy atom. The molecule has 1 unspecified atom stereocenters. The van der Waals surface area contributed by atoms with E-state index in [1.54, 1.807) is 0 Å². The first-order chi connectivity index (χ1) is 8.30. The van der Waals surface area contributed by atoms with Crippen molar-refractivity contribution in [1.29, 1.82) is 0 Å². The van der Waals surface area contributed by atoms with Crippen LogP contribution in [0.3, 0.4) is 0 Å². The van der Waals surface area contributed by atoms with E-state index in [9.17, 15) is 9.59 Å². The summed E-state index contributed by atoms with van der Waals surface area (Å²) in [5.74, 6) is 0.0950. The van der Waals surface area contributed by atoms with Crippen LogP contribution in [-0.4, -0.2) is 48.7 Å². The quantitative estimate of drug-likeness (QED) is 0.660. The fourth-order valence-electron chi connectivity index (χ4n) is 2.57. The lowest BCUT2D eigenvalue weighted by atomic mass is 9.79. The predicted octanol–water partition coefficient (Wildman–Crippen LogP) is 1.60. The van der Waals surface area contributed by atoms with Crippen LogP contribution in [0.1, 0.15) is 33.6 Å². The molecule has 2 fully saturated rings. The summed E-state index contributed by atoms with van der Waals surface area (Å²) >= 11 is 0. The second-order valence-corrected chi connectivity index (χ2v) is 6.35. The summed E-state index contributed by atoms with van der Waals surface area (Å²) in [6, 6.07) is 0. The van der Waals surface area contributed by atoms with Crippen molar-refractivity contribution in [1.82, 2.24) is 4.90 Å². The van der Waals surface area contributed by atoms with Gasteiger partial charge in [-0.25, -0.2) is 4.79 Å². The van der Waals surface area contributed by atoms with E-state index >= 15 is 0 Å². The fourth-order valence-corrected chi connectivity index (χ4v) is 2.57. The molecule has 5 nitrogen and oxygen atoms in total. The molecule has 0 radical (unpaired) electrons. The Kier molecular flexibility index (Phi) is 3.36. The number of ether oxygens (including phenoxy) is 2. The summed E-state index contributed by atoms with van der Waals surface area (Å²) in [5.41, 5.74) is -0.705. The molecule has 0 aromatic rings. The number of hydrogen-bond donors (Lipinski definition) is 0. The Bertz CT molecular complexity index is 352. The highest BCUT2D eigenvalue weighted by Crippen LogP contribution is 2.36. The summed E-state index contributed by atoms with van der Waals surface area (Å²) < 4.78 is 10.7. The maximum Gasteiger partial charge on any atom is 0.410 e. The average Bonchev–Trinajstić information content (AvgIpc) is 2.62. The van der Waals surface area contributed by atoms with Crippen molar-refractivity contribution < 1.29 is 19.1 Å². The van der Waals surface area contributed by atoms with E-state index in [2.05, 4.69) is 0 Å². The minimum Gasteiger partial charge on any atom is -0.444 e. The van der Waals surface area contributed by atoms with Crippen LogP contribution in [0.4, 0.5) is 4.79 Å². The van der Waals surface area contributed by atoms with Crippen molar-refractivity contribution in [2.75, 3.05) is 26.3 Å². The van der Waals surface area contributed by atoms with Crippen LogP contribution >= 0.6 is 0 Å². The molecule has 1 atom stereocenters. The SMILES string of the molecule is CC(C)(C)OC(=O)N1CC(=O)CC2(CCOC2)C1. The Morgan fingerprint density at radius 3 is 2.72 bits per heavy atom. The Labute approximate surface area is 107 Å². The summed E-state index contributed by atoms with van der Waals surface area (Å²) in [4.78, 5) is 25.3. The molecule has 18 heavy (non-hydrogen) atoms. The lowest BCUT2D eigenvalue weighted by Crippen LogP contribution is -2.51. The van der Waals surface area contributed by atoms with Crippen LogP contribution in [0.2, 0.25) is 0 Å². The number of rotatable bonds is 0. The molecule has 0 N–H and O–H groups in total. The van der Waals surface area contributed by atoms with Gasteiger partial charge in [-0.05, 0) is 27.2 Å². The van der Waals surface area contributed by atoms with Crippen LogP contribution in [0.25, 0.3) is 0 Å². The summed E-state index contributed by atoms with van der Waals surface area (Å²) in [6.07, 6.45) is 0.964. The largest absolute Gasteiger partial charge is 0.444 e. The highest BCUT2D eigenvalue weighted by atomic mass is 16.6. The summed E-state index contributed by atoms with van der Waals surface area (Å²) in [6.45, 7) is 7.44. The average molecular weight is 255 g/mol. The van der Waals surface area contributed by atoms with Crippen LogP contribution < -0.4 is 0 Å². The molecule has 2 aliphatic rings. The lowest BCUT2D eigenvalue weighted by molar-refractivity contribution is -0.127. The molecule has 0 aromatic carbocycles. The number of Topliss-reactive ketones (excluding diaryl/α,β-unsaturated/α-hetero) is 1. The highest BCUT2D eigenvalue weighted by molar-refractivity contribution is 5.86. The third kappa shape index (κ3) is 3.02. The van der Waals surface area contributed by atoms with Gasteiger partial charge in [0.1, 0.15) is 5.60 Å². The molecular formula is C13H21NO4. The first-order valence-corrected chi connectivity index (χ1v) is 6.37. The van der Waals surface area contributed by atoms with E-state index < -0.39 is 11.7 Å². The Balaban J connectivity index is 2.04. The number of likely N-dealkylation sites (tertiary alicyclic amines) is 1. The summed E-state index contributed by atoms with van der Waals surface area (Å²) in [7, 11) is 0. The normalized spacial score (nSPS) is 28.8. The van der Waals surface area contributed by atoms with Gasteiger partial charge in [0.15, 0.2) is 5.78 Å². The second kappa shape index (κ2) is 4.53. The Morgan fingerprint density at radius 2 is 2.17 bits per heavy atom. The maximum atomic E-state index is 12.0. The van der Waals surface area contributed by atoms with Crippen molar-refractivity contribution in [2.45, 2.75) is 39.2 Å². The van der Waals surface area contributed by atoms with Crippen molar-refractivity contribution >= 4 is 11.9 Å². The van der Waals surface area contributed by atoms with Gasteiger partial charge in [-0.3, -0.25) is 4.79 Å². The molecule has 1 spiro atoms. The fraction of sp³-hybridized carbons (Fsp3) is 0.846. The molecule has 0 aliphatic carbocycles. The van der Waals surface area contributed by atoms with E-state index in [0.717, 1.165) is 6.42 Å². The molecule has 2 aliphatic heterocycles. The van der Waals surface area contributed by atoms with E-state index in [0.29, 0.717) is 26.2 Å². The molecule has 2 heterocycles. The molecule has 5 heteroatoms. The number of ketones is 1. The number of carbonyl (C=O) groups excluding carboxylic acids is 2. The molecule has 2 saturated heterocycles. The first-order valence-electron chi connectivity index (χ1n) is 6.37. The van der Waals surface area contributed by atoms with Crippen LogP contribution in [0, 0.1) is 5.41 Å². The monoisotopic (exact) mass is 255 g/mol. The highest BCUT2D eigenvalue weighted by Gasteiger charge is 2.44. The summed E-state index contributed by atoms with van der Waals surface area (Å²) in [5, 5.41) is 0. The minimum atomic E-state index is -0.531. The van der Waals surface area contributed by atoms with Crippen molar-refractivity contribution in [2.24, 2.45) is 5.41 Å². The topological polar surface area (TPSA) is 55.8 Å². The third-order valence-corrected chi connectivity index (χ3v) is 3.30. The first kappa shape index (κ1) is 13.3. The van der Waals surface area contributed by atoms with Crippen LogP contribution in [0.5, 0.6) is 0 Å². The zero-order valence-electron chi connectivity index (χ0n) is 11.3. The van der Waals surface area contributed by atoms with Gasteiger partial charge in [0.05, 0.1) is 13.2 Å². The predicted molar refractivity (Wildman–Crippen MR) is 65.3 cm³/mol. The van der Waals surface area contributed by atoms with Gasteiger partial charge in [-0.15, -0.1) is 0 Å². The van der Waals surface area contributed by atoms with Gasteiger partial charge in [-0.2, -0.15) is 0 Å². The maximum absolute atomic E-state index is 12.0. The zero-order valence-corrected chi connectivity index (χ0v) is 11.3. The molecule has 0 aromatic heterocycles. The second-order valence-electron chi connectivity index (χ2n) is 6.35. The van der Waals surface area contributed by atoms with Crippen LogP contribution in [0.15, 0.2) is 0 Å². The number of nitrogens with zero attached hydrogens (tertiary/aromatic N) is 1. The molecule has 0 bridgehead atoms. The third-order valence-electron chi connectivity index (χ3n) is 3.30. The molecule has 0 saturated carbocycles. The molecule has 102 valence electrons. The molecule has 1 amide bonds. The molecule has 2 rings (SSSR count). The zero-order chi connectivity index (χ0) is 13.4. The van der Waals surface area contributed by atoms with Crippen molar-refractivity contribution in [3.8, 4) is 0 Å². The number of piperidine rings is 1. The molecular weight excluding hydrogens is 234 g/mol. The van der Waals surface area contributed by atoms with E-state index in [1.165, 1.54) is 4.90 Å². The van der Waals surface area contributed by atoms with Gasteiger partial charge in [0, 0.05) is 25.0 Å². The van der Waals surface area contributed by atoms with Crippen LogP contribution in [-0.2, 0) is 14.3 Å². The van der Waals surface area contributed by atoms with E-state index in [4.69, 9.17) is 9.47 Å². The number of carbonyl (C=O) groups is 2. The van der Waals surface area contributed by atoms with Gasteiger partial charge < -0.3 is 14.4 Å². The van der Waals surface area contributed by atoms with Gasteiger partial charge in [0.25, 0.3) is 0 Å².